The molecule has 0 spiro atoms. The summed E-state index contributed by atoms with van der Waals surface area (Å²) in [6.45, 7) is 3.89. The number of para-hydroxylation sites is 1. The van der Waals surface area contributed by atoms with E-state index in [0.29, 0.717) is 21.6 Å². The summed E-state index contributed by atoms with van der Waals surface area (Å²) in [5.74, 6) is 0.158. The van der Waals surface area contributed by atoms with Gasteiger partial charge in [-0.3, -0.25) is 4.79 Å². The number of aryl methyl sites for hydroxylation is 2. The van der Waals surface area contributed by atoms with E-state index < -0.39 is 5.91 Å². The average molecular weight is 437 g/mol. The Hall–Kier alpha value is -3.15. The van der Waals surface area contributed by atoms with E-state index in [1.54, 1.807) is 22.9 Å². The quantitative estimate of drug-likeness (QED) is 0.419. The SMILES string of the molecule is Cc1ccc(-c2nc(C(=O)Nc3c(C)cccc3Cl)nn2-c2ccc(Cl)cc2)cc1. The van der Waals surface area contributed by atoms with E-state index in [9.17, 15) is 4.79 Å². The van der Waals surface area contributed by atoms with E-state index in [2.05, 4.69) is 15.4 Å². The average Bonchev–Trinajstić information content (AvgIpc) is 3.17. The number of benzene rings is 3. The predicted molar refractivity (Wildman–Crippen MR) is 121 cm³/mol. The van der Waals surface area contributed by atoms with Crippen LogP contribution in [0, 0.1) is 13.8 Å². The summed E-state index contributed by atoms with van der Waals surface area (Å²) in [6, 6.07) is 20.5. The molecule has 30 heavy (non-hydrogen) atoms. The molecule has 0 saturated heterocycles. The molecular weight excluding hydrogens is 419 g/mol. The van der Waals surface area contributed by atoms with Crippen LogP contribution in [0.1, 0.15) is 21.7 Å². The minimum Gasteiger partial charge on any atom is -0.318 e. The summed E-state index contributed by atoms with van der Waals surface area (Å²) in [4.78, 5) is 17.5. The van der Waals surface area contributed by atoms with Gasteiger partial charge in [-0.1, -0.05) is 65.2 Å². The van der Waals surface area contributed by atoms with Crippen LogP contribution in [0.15, 0.2) is 66.7 Å². The summed E-state index contributed by atoms with van der Waals surface area (Å²) >= 11 is 12.3. The van der Waals surface area contributed by atoms with Crippen molar-refractivity contribution in [2.75, 3.05) is 5.32 Å². The standard InChI is InChI=1S/C23H18Cl2N4O/c1-14-6-8-16(9-7-14)22-27-21(28-29(22)18-12-10-17(24)11-13-18)23(30)26-20-15(2)4-3-5-19(20)25/h3-13H,1-2H3,(H,26,30). The molecule has 4 rings (SSSR count). The number of anilines is 1. The molecule has 150 valence electrons. The fourth-order valence-electron chi connectivity index (χ4n) is 3.02. The molecule has 3 aromatic carbocycles. The smallest absolute Gasteiger partial charge is 0.295 e. The zero-order chi connectivity index (χ0) is 21.3. The van der Waals surface area contributed by atoms with Crippen LogP contribution in [0.25, 0.3) is 17.1 Å². The van der Waals surface area contributed by atoms with Gasteiger partial charge in [-0.2, -0.15) is 0 Å². The van der Waals surface area contributed by atoms with Crippen LogP contribution in [0.3, 0.4) is 0 Å². The predicted octanol–water partition coefficient (Wildman–Crippen LogP) is 6.11. The lowest BCUT2D eigenvalue weighted by molar-refractivity contribution is 0.101. The molecular formula is C23H18Cl2N4O. The van der Waals surface area contributed by atoms with E-state index in [1.807, 2.05) is 62.4 Å². The Bertz CT molecular complexity index is 1130. The van der Waals surface area contributed by atoms with Gasteiger partial charge in [-0.15, -0.1) is 5.10 Å². The molecule has 0 fully saturated rings. The molecule has 0 saturated carbocycles. The third-order valence-electron chi connectivity index (χ3n) is 4.65. The second-order valence-electron chi connectivity index (χ2n) is 6.90. The van der Waals surface area contributed by atoms with Crippen LogP contribution >= 0.6 is 23.2 Å². The number of hydrogen-bond acceptors (Lipinski definition) is 3. The zero-order valence-electron chi connectivity index (χ0n) is 16.4. The molecule has 0 atom stereocenters. The summed E-state index contributed by atoms with van der Waals surface area (Å²) in [7, 11) is 0. The number of amides is 1. The van der Waals surface area contributed by atoms with Crippen molar-refractivity contribution in [2.24, 2.45) is 0 Å². The molecule has 1 N–H and O–H groups in total. The van der Waals surface area contributed by atoms with Gasteiger partial charge in [0.25, 0.3) is 5.91 Å². The number of hydrogen-bond donors (Lipinski definition) is 1. The highest BCUT2D eigenvalue weighted by molar-refractivity contribution is 6.34. The van der Waals surface area contributed by atoms with Crippen LogP contribution in [0.2, 0.25) is 10.0 Å². The van der Waals surface area contributed by atoms with E-state index in [1.165, 1.54) is 0 Å². The third-order valence-corrected chi connectivity index (χ3v) is 5.22. The van der Waals surface area contributed by atoms with Crippen LogP contribution in [0.5, 0.6) is 0 Å². The first kappa shape index (κ1) is 20.1. The van der Waals surface area contributed by atoms with Gasteiger partial charge in [0.05, 0.1) is 16.4 Å². The van der Waals surface area contributed by atoms with Crippen LogP contribution in [-0.4, -0.2) is 20.7 Å². The Kier molecular flexibility index (Phi) is 5.57. The molecule has 1 amide bonds. The molecule has 0 radical (unpaired) electrons. The maximum absolute atomic E-state index is 12.9. The maximum atomic E-state index is 12.9. The number of carbonyl (C=O) groups is 1. The Morgan fingerprint density at radius 2 is 1.63 bits per heavy atom. The molecule has 0 bridgehead atoms. The lowest BCUT2D eigenvalue weighted by Gasteiger charge is -2.08. The maximum Gasteiger partial charge on any atom is 0.295 e. The van der Waals surface area contributed by atoms with Gasteiger partial charge in [0.15, 0.2) is 5.82 Å². The van der Waals surface area contributed by atoms with Crippen molar-refractivity contribution in [3.63, 3.8) is 0 Å². The highest BCUT2D eigenvalue weighted by Crippen LogP contribution is 2.27. The summed E-state index contributed by atoms with van der Waals surface area (Å²) in [5, 5.41) is 8.37. The van der Waals surface area contributed by atoms with Gasteiger partial charge in [-0.25, -0.2) is 9.67 Å². The Labute approximate surface area is 184 Å². The second-order valence-corrected chi connectivity index (χ2v) is 7.74. The Morgan fingerprint density at radius 1 is 0.933 bits per heavy atom. The second kappa shape index (κ2) is 8.30. The molecule has 4 aromatic rings. The van der Waals surface area contributed by atoms with Crippen molar-refractivity contribution in [2.45, 2.75) is 13.8 Å². The van der Waals surface area contributed by atoms with Gasteiger partial charge in [0, 0.05) is 10.6 Å². The van der Waals surface area contributed by atoms with Gasteiger partial charge in [0.2, 0.25) is 5.82 Å². The number of aromatic nitrogens is 3. The lowest BCUT2D eigenvalue weighted by atomic mass is 10.1. The first-order chi connectivity index (χ1) is 14.4. The molecule has 5 nitrogen and oxygen atoms in total. The number of carbonyl (C=O) groups excluding carboxylic acids is 1. The molecule has 0 unspecified atom stereocenters. The van der Waals surface area contributed by atoms with Crippen molar-refractivity contribution in [3.8, 4) is 17.1 Å². The summed E-state index contributed by atoms with van der Waals surface area (Å²) < 4.78 is 1.63. The normalized spacial score (nSPS) is 10.8. The first-order valence-corrected chi connectivity index (χ1v) is 10.0. The highest BCUT2D eigenvalue weighted by atomic mass is 35.5. The number of halogens is 2. The van der Waals surface area contributed by atoms with Gasteiger partial charge in [0.1, 0.15) is 0 Å². The lowest BCUT2D eigenvalue weighted by Crippen LogP contribution is -2.15. The number of nitrogens with zero attached hydrogens (tertiary/aromatic N) is 3. The van der Waals surface area contributed by atoms with Gasteiger partial charge >= 0.3 is 0 Å². The van der Waals surface area contributed by atoms with E-state index in [4.69, 9.17) is 23.2 Å². The fraction of sp³-hybridized carbons (Fsp3) is 0.0870. The molecule has 1 aromatic heterocycles. The van der Waals surface area contributed by atoms with Crippen molar-refractivity contribution >= 4 is 34.8 Å². The fourth-order valence-corrected chi connectivity index (χ4v) is 3.41. The summed E-state index contributed by atoms with van der Waals surface area (Å²) in [6.07, 6.45) is 0. The molecule has 0 aliphatic heterocycles. The van der Waals surface area contributed by atoms with Crippen molar-refractivity contribution in [3.05, 3.63) is 93.7 Å². The minimum absolute atomic E-state index is 0.0415. The van der Waals surface area contributed by atoms with Crippen LogP contribution in [-0.2, 0) is 0 Å². The Balaban J connectivity index is 1.77. The highest BCUT2D eigenvalue weighted by Gasteiger charge is 2.20. The van der Waals surface area contributed by atoms with E-state index in [0.717, 1.165) is 22.4 Å². The van der Waals surface area contributed by atoms with Crippen molar-refractivity contribution < 1.29 is 4.79 Å². The van der Waals surface area contributed by atoms with Crippen molar-refractivity contribution in [1.82, 2.24) is 14.8 Å². The Morgan fingerprint density at radius 3 is 2.30 bits per heavy atom. The summed E-state index contributed by atoms with van der Waals surface area (Å²) in [5.41, 5.74) is 4.12. The molecule has 7 heteroatoms. The monoisotopic (exact) mass is 436 g/mol. The molecule has 0 aliphatic rings. The van der Waals surface area contributed by atoms with Gasteiger partial charge < -0.3 is 5.32 Å². The largest absolute Gasteiger partial charge is 0.318 e. The third kappa shape index (κ3) is 4.08. The first-order valence-electron chi connectivity index (χ1n) is 9.29. The zero-order valence-corrected chi connectivity index (χ0v) is 17.9. The topological polar surface area (TPSA) is 59.8 Å². The van der Waals surface area contributed by atoms with Gasteiger partial charge in [-0.05, 0) is 49.7 Å². The van der Waals surface area contributed by atoms with Crippen molar-refractivity contribution in [1.29, 1.82) is 0 Å². The van der Waals surface area contributed by atoms with E-state index >= 15 is 0 Å². The molecule has 1 heterocycles. The number of rotatable bonds is 4. The van der Waals surface area contributed by atoms with E-state index in [-0.39, 0.29) is 5.82 Å². The molecule has 0 aliphatic carbocycles. The number of nitrogens with one attached hydrogen (secondary N) is 1. The minimum atomic E-state index is -0.438. The van der Waals surface area contributed by atoms with Crippen LogP contribution < -0.4 is 5.32 Å². The van der Waals surface area contributed by atoms with Crippen LogP contribution in [0.4, 0.5) is 5.69 Å².